The van der Waals surface area contributed by atoms with Crippen molar-refractivity contribution in [3.63, 3.8) is 0 Å². The van der Waals surface area contributed by atoms with E-state index in [1.165, 1.54) is 22.7 Å². The van der Waals surface area contributed by atoms with Gasteiger partial charge in [-0.3, -0.25) is 24.6 Å². The number of hydrogen-bond acceptors (Lipinski definition) is 12. The summed E-state index contributed by atoms with van der Waals surface area (Å²) in [7, 11) is 0. The van der Waals surface area contributed by atoms with Gasteiger partial charge in [0.25, 0.3) is 0 Å². The third-order valence-corrected chi connectivity index (χ3v) is 10.3. The van der Waals surface area contributed by atoms with Crippen LogP contribution in [0.4, 0.5) is 0 Å². The van der Waals surface area contributed by atoms with E-state index in [1.54, 1.807) is 84.9 Å². The lowest BCUT2D eigenvalue weighted by molar-refractivity contribution is 0.101. The fourth-order valence-corrected chi connectivity index (χ4v) is 8.02. The van der Waals surface area contributed by atoms with E-state index in [-0.39, 0.29) is 57.1 Å². The Morgan fingerprint density at radius 3 is 1.48 bits per heavy atom. The van der Waals surface area contributed by atoms with Crippen LogP contribution in [-0.4, -0.2) is 34.6 Å². The molecule has 7 rings (SSSR count). The van der Waals surface area contributed by atoms with Crippen LogP contribution in [0.25, 0.3) is 23.3 Å². The first-order valence-electron chi connectivity index (χ1n) is 13.6. The second-order valence-corrected chi connectivity index (χ2v) is 13.0. The summed E-state index contributed by atoms with van der Waals surface area (Å²) in [5, 5.41) is 8.98. The standard InChI is InChI=1S/C34H18N4O4S4/c35-27-21(13-15-9-11-23(45-15)25-31(39)17-5-1-2-6-18(17)32(25)40)29(37-43)28(36)22(30(27)38-44)14-16-10-12-24(46-16)26-33(41)19-7-3-4-8-20(19)34(26)42/h1-14,35,44H,36H2/b15-13+,16-14+,35-27?,38-30?. The Morgan fingerprint density at radius 2 is 1.09 bits per heavy atom. The van der Waals surface area contributed by atoms with Crippen molar-refractivity contribution < 1.29 is 19.2 Å². The van der Waals surface area contributed by atoms with Gasteiger partial charge in [-0.2, -0.15) is 4.36 Å². The van der Waals surface area contributed by atoms with Gasteiger partial charge in [0.2, 0.25) is 0 Å². The van der Waals surface area contributed by atoms with Gasteiger partial charge in [0.15, 0.2) is 23.1 Å². The number of thiophene rings is 2. The number of nitrogens with one attached hydrogen (secondary N) is 1. The third kappa shape index (κ3) is 4.57. The minimum absolute atomic E-state index is 0.0372. The van der Waals surface area contributed by atoms with E-state index < -0.39 is 0 Å². The smallest absolute Gasteiger partial charge is 0.199 e. The summed E-state index contributed by atoms with van der Waals surface area (Å²) in [4.78, 5) is 52.0. The van der Waals surface area contributed by atoms with E-state index >= 15 is 0 Å². The normalized spacial score (nSPS) is 18.1. The van der Waals surface area contributed by atoms with E-state index in [2.05, 4.69) is 21.6 Å². The van der Waals surface area contributed by atoms with Gasteiger partial charge in [-0.15, -0.1) is 22.7 Å². The summed E-state index contributed by atoms with van der Waals surface area (Å²) in [5.41, 5.74) is 9.44. The number of thiol groups is 1. The van der Waals surface area contributed by atoms with Crippen molar-refractivity contribution in [2.24, 2.45) is 14.5 Å². The van der Waals surface area contributed by atoms with E-state index in [9.17, 15) is 19.2 Å². The van der Waals surface area contributed by atoms with Crippen LogP contribution in [0, 0.1) is 5.41 Å². The highest BCUT2D eigenvalue weighted by atomic mass is 32.1. The van der Waals surface area contributed by atoms with E-state index in [0.717, 1.165) is 0 Å². The molecule has 0 atom stereocenters. The van der Waals surface area contributed by atoms with Crippen LogP contribution in [0.3, 0.4) is 0 Å². The van der Waals surface area contributed by atoms with Gasteiger partial charge in [0, 0.05) is 64.0 Å². The molecule has 0 bridgehead atoms. The second kappa shape index (κ2) is 11.4. The molecule has 2 heterocycles. The van der Waals surface area contributed by atoms with Crippen molar-refractivity contribution in [1.82, 2.24) is 0 Å². The summed E-state index contributed by atoms with van der Waals surface area (Å²) >= 11 is 11.7. The Balaban J connectivity index is 1.33. The van der Waals surface area contributed by atoms with Gasteiger partial charge in [0.05, 0.1) is 22.6 Å². The number of Topliss-reactive ketones (excluding diaryl/α,β-unsaturated/α-hetero) is 4. The highest BCUT2D eigenvalue weighted by molar-refractivity contribution is 7.79. The zero-order chi connectivity index (χ0) is 32.3. The Kier molecular flexibility index (Phi) is 7.36. The van der Waals surface area contributed by atoms with Crippen molar-refractivity contribution in [3.8, 4) is 0 Å². The van der Waals surface area contributed by atoms with Crippen LogP contribution in [0.15, 0.2) is 104 Å². The maximum absolute atomic E-state index is 13.0. The van der Waals surface area contributed by atoms with Crippen molar-refractivity contribution in [3.05, 3.63) is 136 Å². The molecule has 3 aliphatic rings. The molecule has 2 aromatic heterocycles. The van der Waals surface area contributed by atoms with Gasteiger partial charge in [-0.05, 0) is 49.2 Å². The number of rotatable bonds is 3. The first-order valence-corrected chi connectivity index (χ1v) is 16.0. The second-order valence-electron chi connectivity index (χ2n) is 10.4. The minimum atomic E-state index is -0.321. The number of nitrogens with two attached hydrogens (primary N) is 1. The van der Waals surface area contributed by atoms with Crippen molar-refractivity contribution >= 4 is 106 Å². The lowest BCUT2D eigenvalue weighted by Crippen LogP contribution is -2.27. The lowest BCUT2D eigenvalue weighted by atomic mass is 9.89. The minimum Gasteiger partial charge on any atom is -0.396 e. The lowest BCUT2D eigenvalue weighted by Gasteiger charge is -2.20. The van der Waals surface area contributed by atoms with Crippen LogP contribution in [-0.2, 0) is 12.4 Å². The maximum atomic E-state index is 13.0. The fourth-order valence-electron chi connectivity index (χ4n) is 5.63. The van der Waals surface area contributed by atoms with Gasteiger partial charge in [-0.25, -0.2) is 4.40 Å². The molecular weight excluding hydrogens is 657 g/mol. The van der Waals surface area contributed by atoms with Crippen molar-refractivity contribution in [1.29, 1.82) is 5.41 Å². The molecule has 0 unspecified atom stereocenters. The number of ketones is 4. The molecule has 3 N–H and O–H groups in total. The molecule has 8 nitrogen and oxygen atoms in total. The van der Waals surface area contributed by atoms with Gasteiger partial charge in [-0.1, -0.05) is 48.5 Å². The third-order valence-electron chi connectivity index (χ3n) is 7.81. The van der Waals surface area contributed by atoms with Gasteiger partial charge >= 0.3 is 0 Å². The molecule has 0 radical (unpaired) electrons. The maximum Gasteiger partial charge on any atom is 0.199 e. The zero-order valence-electron chi connectivity index (χ0n) is 23.4. The molecule has 4 aromatic rings. The monoisotopic (exact) mass is 674 g/mol. The largest absolute Gasteiger partial charge is 0.396 e. The summed E-state index contributed by atoms with van der Waals surface area (Å²) < 4.78 is 10.3. The number of carbonyl (C=O) groups is 4. The van der Waals surface area contributed by atoms with Crippen molar-refractivity contribution in [2.45, 2.75) is 0 Å². The number of fused-ring (bicyclic) bond motifs is 2. The highest BCUT2D eigenvalue weighted by Gasteiger charge is 2.35. The van der Waals surface area contributed by atoms with Crippen molar-refractivity contribution in [2.75, 3.05) is 0 Å². The van der Waals surface area contributed by atoms with Crippen LogP contribution in [0.2, 0.25) is 0 Å². The molecule has 222 valence electrons. The molecule has 2 aromatic carbocycles. The average Bonchev–Trinajstić information content (AvgIpc) is 3.83. The van der Waals surface area contributed by atoms with Gasteiger partial charge in [0.1, 0.15) is 11.4 Å². The van der Waals surface area contributed by atoms with Crippen LogP contribution < -0.4 is 23.9 Å². The number of benzene rings is 2. The highest BCUT2D eigenvalue weighted by Crippen LogP contribution is 2.29. The van der Waals surface area contributed by atoms with Crippen LogP contribution >= 0.6 is 35.5 Å². The summed E-state index contributed by atoms with van der Waals surface area (Å²) in [6.07, 6.45) is 3.35. The van der Waals surface area contributed by atoms with Crippen LogP contribution in [0.5, 0.6) is 0 Å². The van der Waals surface area contributed by atoms with E-state index in [4.69, 9.17) is 23.6 Å². The quantitative estimate of drug-likeness (QED) is 0.225. The fraction of sp³-hybridized carbons (Fsp3) is 0. The molecule has 0 saturated heterocycles. The van der Waals surface area contributed by atoms with Crippen LogP contribution in [0.1, 0.15) is 41.4 Å². The summed E-state index contributed by atoms with van der Waals surface area (Å²) in [5.74, 6) is -1.28. The topological polar surface area (TPSA) is 143 Å². The predicted octanol–water partition coefficient (Wildman–Crippen LogP) is 3.05. The van der Waals surface area contributed by atoms with E-state index in [1.807, 2.05) is 0 Å². The SMILES string of the molecule is N=C1C(=NS)C(/C=c2\ccc(=C3C(=O)c4ccccc4C3=O)s2)=C(N)C(N=S)=C1/C=c1\ccc(=C2C(=O)c3ccccc3C2=O)s1. The number of carbonyl (C=O) groups excluding carboxylic acids is 4. The summed E-state index contributed by atoms with van der Waals surface area (Å²) in [6, 6.07) is 20.3. The first-order chi connectivity index (χ1) is 22.2. The Labute approximate surface area is 279 Å². The molecule has 3 aliphatic carbocycles. The Bertz CT molecular complexity index is 2440. The molecule has 0 spiro atoms. The number of allylic oxidation sites excluding steroid dienone is 2. The molecule has 0 amide bonds. The Morgan fingerprint density at radius 1 is 0.674 bits per heavy atom. The molecule has 0 aliphatic heterocycles. The molecule has 12 heteroatoms. The van der Waals surface area contributed by atoms with Gasteiger partial charge < -0.3 is 5.73 Å². The number of nitrogens with zero attached hydrogens (tertiary/aromatic N) is 2. The zero-order valence-corrected chi connectivity index (χ0v) is 26.7. The molecular formula is C34H18N4O4S4. The average molecular weight is 675 g/mol. The Hall–Kier alpha value is -5.01. The summed E-state index contributed by atoms with van der Waals surface area (Å²) in [6.45, 7) is 0. The molecule has 46 heavy (non-hydrogen) atoms. The molecule has 0 fully saturated rings. The molecule has 0 saturated carbocycles. The predicted molar refractivity (Wildman–Crippen MR) is 185 cm³/mol. The number of hydrogen-bond donors (Lipinski definition) is 3. The first kappa shape index (κ1) is 29.7. The van der Waals surface area contributed by atoms with E-state index in [0.29, 0.717) is 51.5 Å².